The maximum absolute atomic E-state index is 5.12. The fourth-order valence-corrected chi connectivity index (χ4v) is 1.37. The Morgan fingerprint density at radius 1 is 1.57 bits per heavy atom. The van der Waals surface area contributed by atoms with E-state index in [1.807, 2.05) is 6.07 Å². The third kappa shape index (κ3) is 3.81. The zero-order valence-electron chi connectivity index (χ0n) is 8.73. The van der Waals surface area contributed by atoms with Crippen LogP contribution in [-0.4, -0.2) is 36.3 Å². The lowest BCUT2D eigenvalue weighted by Crippen LogP contribution is -2.35. The first-order valence-corrected chi connectivity index (χ1v) is 4.84. The van der Waals surface area contributed by atoms with Crippen molar-refractivity contribution in [3.05, 3.63) is 24.3 Å². The van der Waals surface area contributed by atoms with Crippen molar-refractivity contribution in [2.45, 2.75) is 19.4 Å². The van der Waals surface area contributed by atoms with Gasteiger partial charge in [0.15, 0.2) is 0 Å². The summed E-state index contributed by atoms with van der Waals surface area (Å²) in [5, 5.41) is 3.35. The van der Waals surface area contributed by atoms with E-state index in [-0.39, 0.29) is 0 Å². The lowest BCUT2D eigenvalue weighted by molar-refractivity contribution is 0.166. The molecule has 78 valence electrons. The smallest absolute Gasteiger partial charge is 0.115 e. The van der Waals surface area contributed by atoms with E-state index in [9.17, 15) is 0 Å². The van der Waals surface area contributed by atoms with E-state index in [4.69, 9.17) is 4.74 Å². The summed E-state index contributed by atoms with van der Waals surface area (Å²) in [6.45, 7) is 3.74. The number of hydrogen-bond acceptors (Lipinski definition) is 4. The predicted molar refractivity (Wildman–Crippen MR) is 55.1 cm³/mol. The number of aromatic nitrogens is 2. The lowest BCUT2D eigenvalue weighted by atomic mass is 10.1. The van der Waals surface area contributed by atoms with Crippen LogP contribution in [0.1, 0.15) is 12.6 Å². The van der Waals surface area contributed by atoms with Gasteiger partial charge in [0.05, 0.1) is 6.61 Å². The summed E-state index contributed by atoms with van der Waals surface area (Å²) in [5.74, 6) is 0. The molecule has 0 spiro atoms. The van der Waals surface area contributed by atoms with Crippen molar-refractivity contribution < 1.29 is 4.74 Å². The average Bonchev–Trinajstić information content (AvgIpc) is 2.20. The number of likely N-dealkylation sites (N-methyl/N-ethyl adjacent to an activating group) is 1. The highest BCUT2D eigenvalue weighted by atomic mass is 16.5. The van der Waals surface area contributed by atoms with E-state index in [0.717, 1.165) is 18.7 Å². The molecule has 0 fully saturated rings. The molecule has 4 nitrogen and oxygen atoms in total. The van der Waals surface area contributed by atoms with Crippen LogP contribution in [0.5, 0.6) is 0 Å². The van der Waals surface area contributed by atoms with Gasteiger partial charge in [-0.1, -0.05) is 6.92 Å². The minimum Gasteiger partial charge on any atom is -0.383 e. The zero-order valence-corrected chi connectivity index (χ0v) is 8.73. The molecule has 14 heavy (non-hydrogen) atoms. The second kappa shape index (κ2) is 6.45. The number of nitrogens with zero attached hydrogens (tertiary/aromatic N) is 2. The molecule has 0 aliphatic carbocycles. The van der Waals surface area contributed by atoms with Gasteiger partial charge in [0.1, 0.15) is 6.33 Å². The van der Waals surface area contributed by atoms with E-state index in [2.05, 4.69) is 22.2 Å². The summed E-state index contributed by atoms with van der Waals surface area (Å²) < 4.78 is 5.12. The summed E-state index contributed by atoms with van der Waals surface area (Å²) in [4.78, 5) is 8.06. The minimum absolute atomic E-state index is 0.333. The maximum Gasteiger partial charge on any atom is 0.115 e. The summed E-state index contributed by atoms with van der Waals surface area (Å²) >= 11 is 0. The topological polar surface area (TPSA) is 47.0 Å². The van der Waals surface area contributed by atoms with E-state index in [1.165, 1.54) is 0 Å². The van der Waals surface area contributed by atoms with Crippen molar-refractivity contribution in [3.63, 3.8) is 0 Å². The maximum atomic E-state index is 5.12. The van der Waals surface area contributed by atoms with Gasteiger partial charge in [-0.15, -0.1) is 0 Å². The highest BCUT2D eigenvalue weighted by Gasteiger charge is 2.07. The van der Waals surface area contributed by atoms with Gasteiger partial charge in [0, 0.05) is 31.5 Å². The molecular weight excluding hydrogens is 178 g/mol. The molecule has 4 heteroatoms. The number of nitrogens with one attached hydrogen (secondary N) is 1. The Morgan fingerprint density at radius 3 is 3.00 bits per heavy atom. The van der Waals surface area contributed by atoms with Crippen molar-refractivity contribution >= 4 is 0 Å². The van der Waals surface area contributed by atoms with Crippen LogP contribution < -0.4 is 5.32 Å². The van der Waals surface area contributed by atoms with Crippen LogP contribution in [0.25, 0.3) is 0 Å². The van der Waals surface area contributed by atoms with Gasteiger partial charge in [-0.3, -0.25) is 0 Å². The van der Waals surface area contributed by atoms with Crippen LogP contribution in [0.15, 0.2) is 18.6 Å². The standard InChI is InChI=1S/C10H17N3O/c1-3-12-10(7-14-2)6-9-4-5-11-8-13-9/h4-5,8,10,12H,3,6-7H2,1-2H3. The summed E-state index contributed by atoms with van der Waals surface area (Å²) in [7, 11) is 1.71. The van der Waals surface area contributed by atoms with Crippen molar-refractivity contribution in [1.29, 1.82) is 0 Å². The second-order valence-electron chi connectivity index (χ2n) is 3.11. The first-order chi connectivity index (χ1) is 6.86. The second-order valence-corrected chi connectivity index (χ2v) is 3.11. The van der Waals surface area contributed by atoms with Gasteiger partial charge < -0.3 is 10.1 Å². The lowest BCUT2D eigenvalue weighted by Gasteiger charge is -2.15. The summed E-state index contributed by atoms with van der Waals surface area (Å²) in [5.41, 5.74) is 1.04. The van der Waals surface area contributed by atoms with Gasteiger partial charge in [-0.2, -0.15) is 0 Å². The molecule has 1 aromatic heterocycles. The molecule has 1 rings (SSSR count). The Morgan fingerprint density at radius 2 is 2.43 bits per heavy atom. The predicted octanol–water partition coefficient (Wildman–Crippen LogP) is 0.644. The van der Waals surface area contributed by atoms with E-state index in [0.29, 0.717) is 12.6 Å². The summed E-state index contributed by atoms with van der Waals surface area (Å²) in [6.07, 6.45) is 4.22. The highest BCUT2D eigenvalue weighted by Crippen LogP contribution is 1.98. The Bertz CT molecular complexity index is 234. The first kappa shape index (κ1) is 11.1. The third-order valence-electron chi connectivity index (χ3n) is 1.96. The SMILES string of the molecule is CCNC(COC)Cc1ccncn1. The molecule has 0 saturated heterocycles. The Kier molecular flexibility index (Phi) is 5.11. The van der Waals surface area contributed by atoms with Crippen molar-refractivity contribution in [2.24, 2.45) is 0 Å². The molecule has 0 aliphatic rings. The highest BCUT2D eigenvalue weighted by molar-refractivity contribution is 5.00. The average molecular weight is 195 g/mol. The Balaban J connectivity index is 2.46. The van der Waals surface area contributed by atoms with Gasteiger partial charge >= 0.3 is 0 Å². The molecular formula is C10H17N3O. The monoisotopic (exact) mass is 195 g/mol. The van der Waals surface area contributed by atoms with E-state index in [1.54, 1.807) is 19.6 Å². The molecule has 0 aromatic carbocycles. The quantitative estimate of drug-likeness (QED) is 0.723. The van der Waals surface area contributed by atoms with Crippen LogP contribution in [0.2, 0.25) is 0 Å². The molecule has 0 bridgehead atoms. The molecule has 1 unspecified atom stereocenters. The summed E-state index contributed by atoms with van der Waals surface area (Å²) in [6, 6.07) is 2.26. The minimum atomic E-state index is 0.333. The van der Waals surface area contributed by atoms with Crippen molar-refractivity contribution in [1.82, 2.24) is 15.3 Å². The number of hydrogen-bond donors (Lipinski definition) is 1. The number of rotatable bonds is 6. The first-order valence-electron chi connectivity index (χ1n) is 4.84. The van der Waals surface area contributed by atoms with Gasteiger partial charge in [-0.05, 0) is 12.6 Å². The van der Waals surface area contributed by atoms with E-state index >= 15 is 0 Å². The van der Waals surface area contributed by atoms with Crippen molar-refractivity contribution in [3.8, 4) is 0 Å². The normalized spacial score (nSPS) is 12.7. The van der Waals surface area contributed by atoms with Crippen LogP contribution in [-0.2, 0) is 11.2 Å². The Labute approximate surface area is 84.7 Å². The molecule has 1 atom stereocenters. The van der Waals surface area contributed by atoms with Gasteiger partial charge in [0.2, 0.25) is 0 Å². The fourth-order valence-electron chi connectivity index (χ4n) is 1.37. The van der Waals surface area contributed by atoms with Crippen LogP contribution >= 0.6 is 0 Å². The zero-order chi connectivity index (χ0) is 10.2. The Hall–Kier alpha value is -1.00. The fraction of sp³-hybridized carbons (Fsp3) is 0.600. The third-order valence-corrected chi connectivity index (χ3v) is 1.96. The molecule has 0 aliphatic heterocycles. The van der Waals surface area contributed by atoms with Gasteiger partial charge in [-0.25, -0.2) is 9.97 Å². The van der Waals surface area contributed by atoms with Crippen LogP contribution in [0.3, 0.4) is 0 Å². The molecule has 0 amide bonds. The molecule has 0 radical (unpaired) electrons. The van der Waals surface area contributed by atoms with Crippen molar-refractivity contribution in [2.75, 3.05) is 20.3 Å². The number of ether oxygens (including phenoxy) is 1. The largest absolute Gasteiger partial charge is 0.383 e. The number of methoxy groups -OCH3 is 1. The van der Waals surface area contributed by atoms with Crippen LogP contribution in [0.4, 0.5) is 0 Å². The molecule has 1 heterocycles. The van der Waals surface area contributed by atoms with Gasteiger partial charge in [0.25, 0.3) is 0 Å². The molecule has 1 aromatic rings. The van der Waals surface area contributed by atoms with Crippen LogP contribution in [0, 0.1) is 0 Å². The van der Waals surface area contributed by atoms with E-state index < -0.39 is 0 Å². The molecule has 1 N–H and O–H groups in total. The molecule has 0 saturated carbocycles.